The average Bonchev–Trinajstić information content (AvgIpc) is 1.98. The Morgan fingerprint density at radius 3 is 2.22 bits per heavy atom. The lowest BCUT2D eigenvalue weighted by Gasteiger charge is -2.11. The molecular weight excluding hydrogens is 116 g/mol. The Balaban J connectivity index is 2.65. The third-order valence-electron chi connectivity index (χ3n) is 1.83. The number of hydrogen-bond donors (Lipinski definition) is 0. The summed E-state index contributed by atoms with van der Waals surface area (Å²) in [6.07, 6.45) is 0. The lowest BCUT2D eigenvalue weighted by atomic mass is 10.3. The number of urea groups is 1. The minimum Gasteiger partial charge on any atom is -0.326 e. The Hall–Kier alpha value is -0.730. The molecule has 1 rings (SSSR count). The fourth-order valence-corrected chi connectivity index (χ4v) is 1.05. The molecule has 3 heteroatoms. The van der Waals surface area contributed by atoms with E-state index in [1.54, 1.807) is 9.80 Å². The standard InChI is InChI=1S/C6H12N2O/c1-5-4-7(2)6(9)8(5)3/h5H,4H2,1-3H3/t5-/m0/s1. The first-order chi connectivity index (χ1) is 4.13. The molecule has 0 spiro atoms. The zero-order valence-electron chi connectivity index (χ0n) is 6.09. The summed E-state index contributed by atoms with van der Waals surface area (Å²) >= 11 is 0. The van der Waals surface area contributed by atoms with Gasteiger partial charge < -0.3 is 9.80 Å². The second-order valence-corrected chi connectivity index (χ2v) is 2.62. The van der Waals surface area contributed by atoms with Gasteiger partial charge in [0.05, 0.1) is 0 Å². The first kappa shape index (κ1) is 6.39. The van der Waals surface area contributed by atoms with Crippen molar-refractivity contribution >= 4 is 6.03 Å². The van der Waals surface area contributed by atoms with Crippen LogP contribution in [-0.4, -0.2) is 42.5 Å². The third-order valence-corrected chi connectivity index (χ3v) is 1.83. The molecule has 0 saturated carbocycles. The molecule has 0 aromatic carbocycles. The molecule has 0 aliphatic carbocycles. The summed E-state index contributed by atoms with van der Waals surface area (Å²) in [5, 5.41) is 0. The number of carbonyl (C=O) groups is 1. The predicted octanol–water partition coefficient (Wildman–Crippen LogP) is 0.372. The van der Waals surface area contributed by atoms with Crippen LogP contribution in [0.3, 0.4) is 0 Å². The molecule has 1 fully saturated rings. The van der Waals surface area contributed by atoms with Gasteiger partial charge in [0.25, 0.3) is 0 Å². The van der Waals surface area contributed by atoms with Crippen molar-refractivity contribution < 1.29 is 4.79 Å². The lowest BCUT2D eigenvalue weighted by Crippen LogP contribution is -2.28. The average molecular weight is 128 g/mol. The van der Waals surface area contributed by atoms with Crippen molar-refractivity contribution in [3.8, 4) is 0 Å². The van der Waals surface area contributed by atoms with Crippen molar-refractivity contribution in [1.82, 2.24) is 9.80 Å². The predicted molar refractivity (Wildman–Crippen MR) is 35.3 cm³/mol. The molecule has 0 unspecified atom stereocenters. The van der Waals surface area contributed by atoms with Crippen LogP contribution in [-0.2, 0) is 0 Å². The fourth-order valence-electron chi connectivity index (χ4n) is 1.05. The van der Waals surface area contributed by atoms with Gasteiger partial charge in [-0.05, 0) is 6.92 Å². The van der Waals surface area contributed by atoms with Gasteiger partial charge >= 0.3 is 6.03 Å². The molecule has 0 bridgehead atoms. The summed E-state index contributed by atoms with van der Waals surface area (Å²) in [7, 11) is 3.65. The topological polar surface area (TPSA) is 23.6 Å². The number of rotatable bonds is 0. The number of carbonyl (C=O) groups excluding carboxylic acids is 1. The normalized spacial score (nSPS) is 27.9. The highest BCUT2D eigenvalue weighted by atomic mass is 16.2. The molecule has 0 N–H and O–H groups in total. The van der Waals surface area contributed by atoms with Gasteiger partial charge in [-0.1, -0.05) is 0 Å². The van der Waals surface area contributed by atoms with E-state index in [-0.39, 0.29) is 6.03 Å². The van der Waals surface area contributed by atoms with E-state index in [1.165, 1.54) is 0 Å². The van der Waals surface area contributed by atoms with Gasteiger partial charge in [0.2, 0.25) is 0 Å². The fraction of sp³-hybridized carbons (Fsp3) is 0.833. The van der Waals surface area contributed by atoms with E-state index < -0.39 is 0 Å². The van der Waals surface area contributed by atoms with Crippen LogP contribution >= 0.6 is 0 Å². The SMILES string of the molecule is C[C@H]1CN(C)C(=O)N1C. The zero-order chi connectivity index (χ0) is 7.02. The molecule has 52 valence electrons. The molecule has 0 aromatic heterocycles. The van der Waals surface area contributed by atoms with Crippen LogP contribution in [0.15, 0.2) is 0 Å². The molecule has 3 nitrogen and oxygen atoms in total. The summed E-state index contributed by atoms with van der Waals surface area (Å²) in [5.74, 6) is 0. The van der Waals surface area contributed by atoms with Gasteiger partial charge in [0.15, 0.2) is 0 Å². The molecule has 1 heterocycles. The van der Waals surface area contributed by atoms with Gasteiger partial charge in [-0.25, -0.2) is 4.79 Å². The van der Waals surface area contributed by atoms with Crippen molar-refractivity contribution in [2.24, 2.45) is 0 Å². The van der Waals surface area contributed by atoms with Gasteiger partial charge in [0.1, 0.15) is 0 Å². The van der Waals surface area contributed by atoms with E-state index in [0.717, 1.165) is 6.54 Å². The smallest absolute Gasteiger partial charge is 0.319 e. The number of nitrogens with zero attached hydrogens (tertiary/aromatic N) is 2. The Morgan fingerprint density at radius 2 is 2.11 bits per heavy atom. The maximum atomic E-state index is 11.0. The highest BCUT2D eigenvalue weighted by molar-refractivity contribution is 5.76. The van der Waals surface area contributed by atoms with Crippen molar-refractivity contribution in [2.45, 2.75) is 13.0 Å². The quantitative estimate of drug-likeness (QED) is 0.462. The minimum atomic E-state index is 0.127. The highest BCUT2D eigenvalue weighted by Gasteiger charge is 2.27. The summed E-state index contributed by atoms with van der Waals surface area (Å²) in [6.45, 7) is 2.90. The summed E-state index contributed by atoms with van der Waals surface area (Å²) in [4.78, 5) is 14.4. The Morgan fingerprint density at radius 1 is 1.56 bits per heavy atom. The maximum absolute atomic E-state index is 11.0. The molecule has 1 atom stereocenters. The van der Waals surface area contributed by atoms with Crippen LogP contribution in [0.1, 0.15) is 6.92 Å². The maximum Gasteiger partial charge on any atom is 0.319 e. The lowest BCUT2D eigenvalue weighted by molar-refractivity contribution is 0.202. The monoisotopic (exact) mass is 128 g/mol. The van der Waals surface area contributed by atoms with Crippen molar-refractivity contribution in [2.75, 3.05) is 20.6 Å². The third kappa shape index (κ3) is 0.866. The van der Waals surface area contributed by atoms with E-state index in [9.17, 15) is 4.79 Å². The molecule has 1 saturated heterocycles. The Labute approximate surface area is 55.2 Å². The molecule has 9 heavy (non-hydrogen) atoms. The van der Waals surface area contributed by atoms with Gasteiger partial charge in [-0.3, -0.25) is 0 Å². The van der Waals surface area contributed by atoms with Crippen LogP contribution in [0.25, 0.3) is 0 Å². The molecular formula is C6H12N2O. The number of likely N-dealkylation sites (N-methyl/N-ethyl adjacent to an activating group) is 2. The Kier molecular flexibility index (Phi) is 1.35. The Bertz CT molecular complexity index is 135. The minimum absolute atomic E-state index is 0.127. The zero-order valence-corrected chi connectivity index (χ0v) is 6.09. The first-order valence-corrected chi connectivity index (χ1v) is 3.11. The van der Waals surface area contributed by atoms with Gasteiger partial charge in [0, 0.05) is 26.7 Å². The van der Waals surface area contributed by atoms with Gasteiger partial charge in [-0.2, -0.15) is 0 Å². The van der Waals surface area contributed by atoms with Crippen LogP contribution in [0, 0.1) is 0 Å². The largest absolute Gasteiger partial charge is 0.326 e. The van der Waals surface area contributed by atoms with Crippen molar-refractivity contribution in [3.05, 3.63) is 0 Å². The molecule has 1 aliphatic heterocycles. The van der Waals surface area contributed by atoms with E-state index >= 15 is 0 Å². The molecule has 0 radical (unpaired) electrons. The molecule has 2 amide bonds. The van der Waals surface area contributed by atoms with Gasteiger partial charge in [-0.15, -0.1) is 0 Å². The summed E-state index contributed by atoms with van der Waals surface area (Å²) < 4.78 is 0. The summed E-state index contributed by atoms with van der Waals surface area (Å²) in [6, 6.07) is 0.505. The highest BCUT2D eigenvalue weighted by Crippen LogP contribution is 2.09. The van der Waals surface area contributed by atoms with E-state index in [4.69, 9.17) is 0 Å². The van der Waals surface area contributed by atoms with Crippen molar-refractivity contribution in [1.29, 1.82) is 0 Å². The van der Waals surface area contributed by atoms with Crippen LogP contribution < -0.4 is 0 Å². The first-order valence-electron chi connectivity index (χ1n) is 3.11. The van der Waals surface area contributed by atoms with E-state index in [1.807, 2.05) is 21.0 Å². The van der Waals surface area contributed by atoms with Crippen LogP contribution in [0.2, 0.25) is 0 Å². The van der Waals surface area contributed by atoms with Crippen LogP contribution in [0.5, 0.6) is 0 Å². The van der Waals surface area contributed by atoms with E-state index in [0.29, 0.717) is 6.04 Å². The molecule has 0 aromatic rings. The van der Waals surface area contributed by atoms with E-state index in [2.05, 4.69) is 0 Å². The number of hydrogen-bond acceptors (Lipinski definition) is 1. The second kappa shape index (κ2) is 1.90. The van der Waals surface area contributed by atoms with Crippen molar-refractivity contribution in [3.63, 3.8) is 0 Å². The molecule has 1 aliphatic rings. The number of amides is 2. The summed E-state index contributed by atoms with van der Waals surface area (Å²) in [5.41, 5.74) is 0. The van der Waals surface area contributed by atoms with Crippen LogP contribution in [0.4, 0.5) is 4.79 Å². The second-order valence-electron chi connectivity index (χ2n) is 2.62.